The highest BCUT2D eigenvalue weighted by Gasteiger charge is 2.30. The molecule has 0 aliphatic heterocycles. The van der Waals surface area contributed by atoms with Crippen molar-refractivity contribution in [3.05, 3.63) is 36.0 Å². The summed E-state index contributed by atoms with van der Waals surface area (Å²) in [5.41, 5.74) is 2.88. The number of halogens is 1. The van der Waals surface area contributed by atoms with Gasteiger partial charge in [-0.25, -0.2) is 0 Å². The van der Waals surface area contributed by atoms with Gasteiger partial charge < -0.3 is 5.32 Å². The molecule has 0 aromatic rings. The molecule has 31 heavy (non-hydrogen) atoms. The third kappa shape index (κ3) is 7.50. The van der Waals surface area contributed by atoms with Crippen molar-refractivity contribution in [1.29, 1.82) is 0 Å². The van der Waals surface area contributed by atoms with Gasteiger partial charge in [-0.05, 0) is 88.7 Å². The van der Waals surface area contributed by atoms with Crippen LogP contribution in [0.1, 0.15) is 103 Å². The second-order valence-electron chi connectivity index (χ2n) is 10.7. The summed E-state index contributed by atoms with van der Waals surface area (Å²) in [6.45, 7) is 6.82. The highest BCUT2D eigenvalue weighted by Crippen LogP contribution is 2.39. The van der Waals surface area contributed by atoms with Gasteiger partial charge in [-0.15, -0.1) is 11.6 Å². The molecule has 2 heteroatoms. The molecule has 0 saturated heterocycles. The molecule has 176 valence electrons. The average molecular weight is 446 g/mol. The molecular weight excluding hydrogens is 398 g/mol. The maximum atomic E-state index is 6.47. The molecule has 1 nitrogen and oxygen atoms in total. The van der Waals surface area contributed by atoms with Crippen LogP contribution in [0.2, 0.25) is 0 Å². The Morgan fingerprint density at radius 1 is 0.935 bits per heavy atom. The van der Waals surface area contributed by atoms with Gasteiger partial charge in [0.15, 0.2) is 0 Å². The normalized spacial score (nSPS) is 34.0. The summed E-state index contributed by atoms with van der Waals surface area (Å²) in [5.74, 6) is 2.93. The fraction of sp³-hybridized carbons (Fsp3) is 0.793. The molecule has 0 aromatic heterocycles. The Morgan fingerprint density at radius 2 is 1.71 bits per heavy atom. The predicted octanol–water partition coefficient (Wildman–Crippen LogP) is 8.60. The van der Waals surface area contributed by atoms with Crippen LogP contribution in [0.25, 0.3) is 0 Å². The molecule has 1 N–H and O–H groups in total. The lowest BCUT2D eigenvalue weighted by Crippen LogP contribution is -2.33. The molecule has 2 saturated carbocycles. The van der Waals surface area contributed by atoms with Gasteiger partial charge in [-0.1, -0.05) is 75.3 Å². The molecule has 3 rings (SSSR count). The smallest absolute Gasteiger partial charge is 0.0336 e. The second kappa shape index (κ2) is 13.2. The van der Waals surface area contributed by atoms with Crippen LogP contribution in [0.15, 0.2) is 36.0 Å². The van der Waals surface area contributed by atoms with Crippen molar-refractivity contribution in [1.82, 2.24) is 5.32 Å². The van der Waals surface area contributed by atoms with E-state index in [0.717, 1.165) is 17.8 Å². The summed E-state index contributed by atoms with van der Waals surface area (Å²) in [6, 6.07) is 0.522. The van der Waals surface area contributed by atoms with E-state index in [4.69, 9.17) is 11.6 Å². The first kappa shape index (κ1) is 25.1. The van der Waals surface area contributed by atoms with Gasteiger partial charge >= 0.3 is 0 Å². The summed E-state index contributed by atoms with van der Waals surface area (Å²) in [5, 5.41) is 4.07. The average Bonchev–Trinajstić information content (AvgIpc) is 3.24. The third-order valence-corrected chi connectivity index (χ3v) is 9.07. The maximum absolute atomic E-state index is 6.47. The van der Waals surface area contributed by atoms with Gasteiger partial charge in [-0.3, -0.25) is 0 Å². The topological polar surface area (TPSA) is 12.0 Å². The first-order chi connectivity index (χ1) is 15.1. The van der Waals surface area contributed by atoms with E-state index >= 15 is 0 Å². The minimum absolute atomic E-state index is 0.406. The largest absolute Gasteiger partial charge is 0.316 e. The Balaban J connectivity index is 1.63. The van der Waals surface area contributed by atoms with Crippen molar-refractivity contribution in [2.45, 2.75) is 115 Å². The molecule has 0 radical (unpaired) electrons. The Labute approximate surface area is 198 Å². The van der Waals surface area contributed by atoms with E-state index < -0.39 is 0 Å². The lowest BCUT2D eigenvalue weighted by atomic mass is 9.82. The number of alkyl halides is 1. The predicted molar refractivity (Wildman–Crippen MR) is 138 cm³/mol. The Morgan fingerprint density at radius 3 is 2.42 bits per heavy atom. The Hall–Kier alpha value is -0.530. The van der Waals surface area contributed by atoms with Crippen molar-refractivity contribution < 1.29 is 0 Å². The fourth-order valence-electron chi connectivity index (χ4n) is 6.60. The molecule has 3 aliphatic carbocycles. The molecular formula is C29H48ClN. The molecule has 3 aliphatic rings. The van der Waals surface area contributed by atoms with Gasteiger partial charge in [-0.2, -0.15) is 0 Å². The summed E-state index contributed by atoms with van der Waals surface area (Å²) in [4.78, 5) is 0. The third-order valence-electron chi connectivity index (χ3n) is 8.64. The lowest BCUT2D eigenvalue weighted by Gasteiger charge is -2.28. The summed E-state index contributed by atoms with van der Waals surface area (Å²) in [6.07, 6.45) is 27.6. The number of hydrogen-bond acceptors (Lipinski definition) is 1. The molecule has 5 atom stereocenters. The number of allylic oxidation sites excluding steroid dienone is 3. The van der Waals surface area contributed by atoms with Gasteiger partial charge in [0, 0.05) is 17.3 Å². The van der Waals surface area contributed by atoms with Crippen LogP contribution >= 0.6 is 11.6 Å². The minimum atomic E-state index is 0.406. The highest BCUT2D eigenvalue weighted by atomic mass is 35.5. The highest BCUT2D eigenvalue weighted by molar-refractivity contribution is 6.20. The molecule has 2 fully saturated rings. The van der Waals surface area contributed by atoms with E-state index in [1.165, 1.54) is 107 Å². The van der Waals surface area contributed by atoms with Crippen LogP contribution < -0.4 is 5.32 Å². The Bertz CT molecular complexity index is 598. The monoisotopic (exact) mass is 445 g/mol. The van der Waals surface area contributed by atoms with Gasteiger partial charge in [0.05, 0.1) is 0 Å². The van der Waals surface area contributed by atoms with E-state index in [1.54, 1.807) is 0 Å². The van der Waals surface area contributed by atoms with Crippen molar-refractivity contribution in [3.8, 4) is 0 Å². The standard InChI is InChI=1S/C29H48ClN/c1-4-27(22(2)14-15-23-10-7-5-6-8-11-23)28-20-17-25(18-21-29(28)31-3)24-12-9-13-26(30)19-16-24/h4,17,20,23-26,28-29,31H,2,5-16,18-19,21H2,1,3H3. The molecule has 5 unspecified atom stereocenters. The van der Waals surface area contributed by atoms with Gasteiger partial charge in [0.1, 0.15) is 0 Å². The SMILES string of the molecule is C=C(CCC1CCCCCC1)C(=CC)C1C=CC(C2CCCC(Cl)CC2)CCC1NC. The zero-order chi connectivity index (χ0) is 22.1. The van der Waals surface area contributed by atoms with E-state index in [1.807, 2.05) is 0 Å². The molecule has 0 aromatic carbocycles. The quantitative estimate of drug-likeness (QED) is 0.179. The van der Waals surface area contributed by atoms with Crippen molar-refractivity contribution in [2.24, 2.45) is 23.7 Å². The van der Waals surface area contributed by atoms with E-state index in [-0.39, 0.29) is 0 Å². The van der Waals surface area contributed by atoms with Crippen molar-refractivity contribution >= 4 is 11.6 Å². The first-order valence-electron chi connectivity index (χ1n) is 13.5. The van der Waals surface area contributed by atoms with Crippen LogP contribution in [-0.4, -0.2) is 18.5 Å². The van der Waals surface area contributed by atoms with Crippen LogP contribution in [-0.2, 0) is 0 Å². The molecule has 0 heterocycles. The van der Waals surface area contributed by atoms with E-state index in [0.29, 0.717) is 17.3 Å². The Kier molecular flexibility index (Phi) is 10.7. The zero-order valence-electron chi connectivity index (χ0n) is 20.4. The number of rotatable bonds is 7. The molecule has 0 amide bonds. The first-order valence-corrected chi connectivity index (χ1v) is 13.9. The summed E-state index contributed by atoms with van der Waals surface area (Å²) in [7, 11) is 2.15. The van der Waals surface area contributed by atoms with Crippen LogP contribution in [0, 0.1) is 23.7 Å². The summed E-state index contributed by atoms with van der Waals surface area (Å²) < 4.78 is 0. The molecule has 0 spiro atoms. The molecule has 0 bridgehead atoms. The maximum Gasteiger partial charge on any atom is 0.0336 e. The van der Waals surface area contributed by atoms with Crippen LogP contribution in [0.3, 0.4) is 0 Å². The van der Waals surface area contributed by atoms with Gasteiger partial charge in [0.2, 0.25) is 0 Å². The van der Waals surface area contributed by atoms with Crippen LogP contribution in [0.5, 0.6) is 0 Å². The van der Waals surface area contributed by atoms with E-state index in [2.05, 4.69) is 44.1 Å². The van der Waals surface area contributed by atoms with Crippen LogP contribution in [0.4, 0.5) is 0 Å². The second-order valence-corrected chi connectivity index (χ2v) is 11.3. The van der Waals surface area contributed by atoms with Gasteiger partial charge in [0.25, 0.3) is 0 Å². The summed E-state index contributed by atoms with van der Waals surface area (Å²) >= 11 is 6.47. The lowest BCUT2D eigenvalue weighted by molar-refractivity contribution is 0.317. The zero-order valence-corrected chi connectivity index (χ0v) is 21.1. The number of hydrogen-bond donors (Lipinski definition) is 1. The van der Waals surface area contributed by atoms with E-state index in [9.17, 15) is 0 Å². The van der Waals surface area contributed by atoms with Crippen molar-refractivity contribution in [3.63, 3.8) is 0 Å². The van der Waals surface area contributed by atoms with Crippen molar-refractivity contribution in [2.75, 3.05) is 7.05 Å². The fourth-order valence-corrected chi connectivity index (χ4v) is 6.88. The minimum Gasteiger partial charge on any atom is -0.316 e. The number of nitrogens with one attached hydrogen (secondary N) is 1.